The number of benzene rings is 1. The maximum atomic E-state index is 13.7. The fraction of sp³-hybridized carbons (Fsp3) is 0.375. The van der Waals surface area contributed by atoms with Gasteiger partial charge < -0.3 is 15.3 Å². The van der Waals surface area contributed by atoms with E-state index in [1.165, 1.54) is 0 Å². The fourth-order valence-electron chi connectivity index (χ4n) is 2.96. The number of allylic oxidation sites excluding steroid dienone is 3. The van der Waals surface area contributed by atoms with Crippen molar-refractivity contribution in [3.8, 4) is 0 Å². The van der Waals surface area contributed by atoms with Crippen molar-refractivity contribution >= 4 is 34.6 Å². The lowest BCUT2D eigenvalue weighted by Gasteiger charge is -2.26. The molecule has 27 heteroatoms. The summed E-state index contributed by atoms with van der Waals surface area (Å²) >= 11 is 0. The Hall–Kier alpha value is -4.62. The first-order chi connectivity index (χ1) is 22.2. The third kappa shape index (κ3) is 7.99. The number of hydrogen-bond donors (Lipinski definition) is 3. The summed E-state index contributed by atoms with van der Waals surface area (Å²) < 4.78 is 273. The van der Waals surface area contributed by atoms with Gasteiger partial charge in [-0.25, -0.2) is 0 Å². The van der Waals surface area contributed by atoms with Crippen LogP contribution >= 0.6 is 0 Å². The first-order valence-electron chi connectivity index (χ1n) is 11.7. The lowest BCUT2D eigenvalue weighted by atomic mass is 9.97. The van der Waals surface area contributed by atoms with Gasteiger partial charge in [0.25, 0.3) is 0 Å². The third-order valence-corrected chi connectivity index (χ3v) is 5.80. The predicted octanol–water partition coefficient (Wildman–Crippen LogP) is 8.59. The Labute approximate surface area is 264 Å². The summed E-state index contributed by atoms with van der Waals surface area (Å²) in [5, 5.41) is 29.7. The van der Waals surface area contributed by atoms with E-state index in [2.05, 4.69) is 0 Å². The molecule has 0 radical (unpaired) electrons. The van der Waals surface area contributed by atoms with Crippen molar-refractivity contribution in [3.05, 3.63) is 53.1 Å². The minimum Gasteiger partial charge on any atom is -0.507 e. The van der Waals surface area contributed by atoms with E-state index in [1.54, 1.807) is 0 Å². The summed E-state index contributed by atoms with van der Waals surface area (Å²) in [5.74, 6) is -60.4. The van der Waals surface area contributed by atoms with Crippen LogP contribution in [0.4, 0.5) is 92.2 Å². The predicted molar refractivity (Wildman–Crippen MR) is 121 cm³/mol. The quantitative estimate of drug-likeness (QED) is 0.111. The van der Waals surface area contributed by atoms with Crippen molar-refractivity contribution in [3.63, 3.8) is 0 Å². The van der Waals surface area contributed by atoms with E-state index in [9.17, 15) is 122 Å². The van der Waals surface area contributed by atoms with Gasteiger partial charge in [0.2, 0.25) is 17.3 Å². The number of carbonyl (C=O) groups excluding carboxylic acids is 3. The Morgan fingerprint density at radius 3 is 0.667 bits per heavy atom. The summed E-state index contributed by atoms with van der Waals surface area (Å²) in [5.41, 5.74) is -5.29. The zero-order valence-electron chi connectivity index (χ0n) is 23.0. The Morgan fingerprint density at radius 1 is 0.373 bits per heavy atom. The molecule has 51 heavy (non-hydrogen) atoms. The second kappa shape index (κ2) is 13.2. The van der Waals surface area contributed by atoms with Crippen LogP contribution in [0.2, 0.25) is 0 Å². The molecule has 0 heterocycles. The number of aliphatic hydroxyl groups excluding tert-OH is 3. The monoisotopic (exact) mass is 792 g/mol. The standard InChI is InChI=1S/C24H9F21O6/c25-16(26,19(31,32)22(37,38)39)13(49)4-10(46)7-1-8(11(47)5-14(50)17(27,28)20(33,34)23(40,41)42)3-9(2-7)12(48)6-15(51)18(29,30)21(35,36)24(43,44)45/h1-6,46-48H/b10-4-,11-5-,12-6-. The number of hydrogen-bond acceptors (Lipinski definition) is 6. The number of aliphatic hydroxyl groups is 3. The molecular weight excluding hydrogens is 783 g/mol. The lowest BCUT2D eigenvalue weighted by molar-refractivity contribution is -0.342. The summed E-state index contributed by atoms with van der Waals surface area (Å²) in [7, 11) is 0. The maximum absolute atomic E-state index is 13.7. The number of halogens is 21. The van der Waals surface area contributed by atoms with Gasteiger partial charge in [-0.15, -0.1) is 0 Å². The van der Waals surface area contributed by atoms with Crippen LogP contribution in [0.25, 0.3) is 17.3 Å². The Balaban J connectivity index is 4.07. The van der Waals surface area contributed by atoms with E-state index in [0.29, 0.717) is 0 Å². The summed E-state index contributed by atoms with van der Waals surface area (Å²) in [6.45, 7) is 0. The molecule has 0 saturated carbocycles. The van der Waals surface area contributed by atoms with Crippen LogP contribution in [-0.2, 0) is 14.4 Å². The largest absolute Gasteiger partial charge is 0.507 e. The van der Waals surface area contributed by atoms with Crippen LogP contribution in [0, 0.1) is 0 Å². The lowest BCUT2D eigenvalue weighted by Crippen LogP contribution is -2.55. The number of alkyl halides is 21. The molecule has 6 nitrogen and oxygen atoms in total. The smallest absolute Gasteiger partial charge is 0.460 e. The Morgan fingerprint density at radius 2 is 0.529 bits per heavy atom. The molecule has 0 spiro atoms. The first-order valence-corrected chi connectivity index (χ1v) is 11.7. The van der Waals surface area contributed by atoms with Crippen molar-refractivity contribution in [2.75, 3.05) is 0 Å². The minimum atomic E-state index is -7.23. The second-order valence-corrected chi connectivity index (χ2v) is 9.42. The van der Waals surface area contributed by atoms with Gasteiger partial charge in [-0.2, -0.15) is 92.2 Å². The molecular formula is C24H9F21O6. The molecule has 0 fully saturated rings. The number of ketones is 3. The van der Waals surface area contributed by atoms with Gasteiger partial charge in [0.15, 0.2) is 0 Å². The SMILES string of the molecule is O=C(/C=C(\O)c1cc(/C(O)=C/C(=O)C(F)(F)C(F)(F)C(F)(F)F)cc(/C(O)=C/C(=O)C(F)(F)C(F)(F)C(F)(F)F)c1)C(F)(F)C(F)(F)C(F)(F)F. The highest BCUT2D eigenvalue weighted by molar-refractivity contribution is 6.03. The zero-order chi connectivity index (χ0) is 40.9. The van der Waals surface area contributed by atoms with E-state index < -0.39 is 124 Å². The van der Waals surface area contributed by atoms with E-state index >= 15 is 0 Å². The van der Waals surface area contributed by atoms with E-state index in [0.717, 1.165) is 0 Å². The molecule has 1 aromatic carbocycles. The van der Waals surface area contributed by atoms with Crippen molar-refractivity contribution < 1.29 is 122 Å². The average molecular weight is 792 g/mol. The topological polar surface area (TPSA) is 112 Å². The molecule has 0 aromatic heterocycles. The van der Waals surface area contributed by atoms with Crippen LogP contribution in [0.1, 0.15) is 16.7 Å². The van der Waals surface area contributed by atoms with E-state index in [-0.39, 0.29) is 18.2 Å². The van der Waals surface area contributed by atoms with E-state index in [4.69, 9.17) is 0 Å². The van der Waals surface area contributed by atoms with Crippen LogP contribution in [0.3, 0.4) is 0 Å². The van der Waals surface area contributed by atoms with Gasteiger partial charge in [-0.3, -0.25) is 14.4 Å². The highest BCUT2D eigenvalue weighted by Crippen LogP contribution is 2.49. The van der Waals surface area contributed by atoms with Gasteiger partial charge in [-0.1, -0.05) is 0 Å². The molecule has 1 rings (SSSR count). The van der Waals surface area contributed by atoms with Gasteiger partial charge >= 0.3 is 54.1 Å². The summed E-state index contributed by atoms with van der Waals surface area (Å²) in [6.07, 6.45) is -25.3. The van der Waals surface area contributed by atoms with Crippen LogP contribution in [-0.4, -0.2) is 86.7 Å². The molecule has 1 aromatic rings. The molecule has 0 atom stereocenters. The van der Waals surface area contributed by atoms with Crippen molar-refractivity contribution in [2.45, 2.75) is 54.1 Å². The van der Waals surface area contributed by atoms with Crippen molar-refractivity contribution in [2.24, 2.45) is 0 Å². The highest BCUT2D eigenvalue weighted by atomic mass is 19.4. The van der Waals surface area contributed by atoms with Gasteiger partial charge in [0.1, 0.15) is 17.3 Å². The summed E-state index contributed by atoms with van der Waals surface area (Å²) in [4.78, 5) is 34.7. The molecule has 288 valence electrons. The maximum Gasteiger partial charge on any atom is 0.460 e. The second-order valence-electron chi connectivity index (χ2n) is 9.42. The van der Waals surface area contributed by atoms with Gasteiger partial charge in [0, 0.05) is 34.9 Å². The van der Waals surface area contributed by atoms with Crippen LogP contribution in [0.15, 0.2) is 36.4 Å². The van der Waals surface area contributed by atoms with Crippen molar-refractivity contribution in [1.82, 2.24) is 0 Å². The van der Waals surface area contributed by atoms with Crippen LogP contribution < -0.4 is 0 Å². The molecule has 0 bridgehead atoms. The summed E-state index contributed by atoms with van der Waals surface area (Å²) in [6, 6.07) is -0.782. The zero-order valence-corrected chi connectivity index (χ0v) is 23.0. The molecule has 0 aliphatic heterocycles. The number of carbonyl (C=O) groups is 3. The Kier molecular flexibility index (Phi) is 11.5. The molecule has 0 aliphatic carbocycles. The molecule has 0 amide bonds. The normalized spacial score (nSPS) is 15.6. The number of rotatable bonds is 12. The molecule has 0 unspecified atom stereocenters. The van der Waals surface area contributed by atoms with Crippen LogP contribution in [0.5, 0.6) is 0 Å². The molecule has 0 aliphatic rings. The van der Waals surface area contributed by atoms with Gasteiger partial charge in [-0.05, 0) is 18.2 Å². The third-order valence-electron chi connectivity index (χ3n) is 5.80. The van der Waals surface area contributed by atoms with Gasteiger partial charge in [0.05, 0.1) is 0 Å². The molecule has 3 N–H and O–H groups in total. The van der Waals surface area contributed by atoms with Crippen molar-refractivity contribution in [1.29, 1.82) is 0 Å². The first kappa shape index (κ1) is 44.4. The highest BCUT2D eigenvalue weighted by Gasteiger charge is 2.77. The Bertz CT molecular complexity index is 1440. The van der Waals surface area contributed by atoms with E-state index in [1.807, 2.05) is 0 Å². The minimum absolute atomic E-state index is 0.261. The average Bonchev–Trinajstić information content (AvgIpc) is 2.94. The fourth-order valence-corrected chi connectivity index (χ4v) is 2.96. The molecule has 0 saturated heterocycles.